The molecule has 1 N–H and O–H groups in total. The Hall–Kier alpha value is -2.61. The number of para-hydroxylation sites is 1. The summed E-state index contributed by atoms with van der Waals surface area (Å²) in [6.45, 7) is 1.75. The maximum Gasteiger partial charge on any atom is 0.454 e. The number of benzene rings is 2. The van der Waals surface area contributed by atoms with Gasteiger partial charge in [0.1, 0.15) is 5.03 Å². The van der Waals surface area contributed by atoms with Gasteiger partial charge in [-0.05, 0) is 25.1 Å². The molecule has 25 heavy (non-hydrogen) atoms. The van der Waals surface area contributed by atoms with Gasteiger partial charge in [0.25, 0.3) is 5.78 Å². The van der Waals surface area contributed by atoms with E-state index in [9.17, 15) is 26.4 Å². The van der Waals surface area contributed by atoms with Gasteiger partial charge in [-0.1, -0.05) is 35.9 Å². The summed E-state index contributed by atoms with van der Waals surface area (Å²) in [7, 11) is -4.33. The van der Waals surface area contributed by atoms with Crippen LogP contribution in [0.5, 0.6) is 0 Å². The van der Waals surface area contributed by atoms with Crippen molar-refractivity contribution < 1.29 is 26.4 Å². The highest BCUT2D eigenvalue weighted by molar-refractivity contribution is 7.91. The highest BCUT2D eigenvalue weighted by atomic mass is 32.2. The van der Waals surface area contributed by atoms with Gasteiger partial charge in [-0.25, -0.2) is 8.42 Å². The highest BCUT2D eigenvalue weighted by Crippen LogP contribution is 2.34. The van der Waals surface area contributed by atoms with E-state index >= 15 is 0 Å². The lowest BCUT2D eigenvalue weighted by atomic mass is 10.1. The number of ketones is 1. The van der Waals surface area contributed by atoms with Crippen LogP contribution in [-0.4, -0.2) is 25.4 Å². The highest BCUT2D eigenvalue weighted by Gasteiger charge is 2.44. The summed E-state index contributed by atoms with van der Waals surface area (Å²) in [5.41, 5.74) is 0.0478. The fourth-order valence-corrected chi connectivity index (χ4v) is 3.97. The molecule has 8 heteroatoms. The first-order valence-corrected chi connectivity index (χ1v) is 8.64. The van der Waals surface area contributed by atoms with Gasteiger partial charge in [-0.15, -0.1) is 0 Å². The fraction of sp³-hybridized carbons (Fsp3) is 0.118. The van der Waals surface area contributed by atoms with Gasteiger partial charge in [-0.3, -0.25) is 4.79 Å². The van der Waals surface area contributed by atoms with E-state index in [1.54, 1.807) is 6.92 Å². The average molecular weight is 367 g/mol. The average Bonchev–Trinajstić information content (AvgIpc) is 2.93. The molecular formula is C17H12F3NO3S. The summed E-state index contributed by atoms with van der Waals surface area (Å²) in [5, 5.41) is -0.838. The molecule has 2 aromatic carbocycles. The summed E-state index contributed by atoms with van der Waals surface area (Å²) >= 11 is 0. The molecule has 0 aliphatic heterocycles. The standard InChI is InChI=1S/C17H12F3NO3S/c1-10-6-8-11(9-7-10)25(23,24)16-14(15(22)17(18,19)20)12-4-2-3-5-13(12)21-16/h2-9,21H,1H3. The van der Waals surface area contributed by atoms with Gasteiger partial charge >= 0.3 is 6.18 Å². The van der Waals surface area contributed by atoms with Crippen molar-refractivity contribution in [1.29, 1.82) is 0 Å². The number of nitrogens with one attached hydrogen (secondary N) is 1. The molecule has 0 spiro atoms. The SMILES string of the molecule is Cc1ccc(S(=O)(=O)c2[nH]c3ccccc3c2C(=O)C(F)(F)F)cc1. The Morgan fingerprint density at radius 1 is 1.00 bits per heavy atom. The van der Waals surface area contributed by atoms with Crippen LogP contribution in [0.1, 0.15) is 15.9 Å². The maximum absolute atomic E-state index is 13.0. The van der Waals surface area contributed by atoms with Crippen LogP contribution in [0.3, 0.4) is 0 Å². The summed E-state index contributed by atoms with van der Waals surface area (Å²) in [5.74, 6) is -2.20. The number of H-pyrrole nitrogens is 1. The van der Waals surface area contributed by atoms with Crippen molar-refractivity contribution in [3.05, 3.63) is 59.7 Å². The number of aromatic nitrogens is 1. The van der Waals surface area contributed by atoms with Crippen LogP contribution in [0.25, 0.3) is 10.9 Å². The molecule has 0 aliphatic carbocycles. The van der Waals surface area contributed by atoms with E-state index in [0.29, 0.717) is 0 Å². The van der Waals surface area contributed by atoms with Gasteiger partial charge < -0.3 is 4.98 Å². The number of hydrogen-bond acceptors (Lipinski definition) is 3. The van der Waals surface area contributed by atoms with Crippen LogP contribution in [0.15, 0.2) is 58.5 Å². The molecule has 1 heterocycles. The van der Waals surface area contributed by atoms with E-state index in [2.05, 4.69) is 4.98 Å². The van der Waals surface area contributed by atoms with Gasteiger partial charge in [-0.2, -0.15) is 13.2 Å². The third-order valence-electron chi connectivity index (χ3n) is 3.76. The fourth-order valence-electron chi connectivity index (χ4n) is 2.52. The first-order valence-electron chi connectivity index (χ1n) is 7.16. The van der Waals surface area contributed by atoms with Crippen molar-refractivity contribution in [2.24, 2.45) is 0 Å². The van der Waals surface area contributed by atoms with Gasteiger partial charge in [0, 0.05) is 10.9 Å². The number of carbonyl (C=O) groups is 1. The molecule has 0 bridgehead atoms. The summed E-state index contributed by atoms with van der Waals surface area (Å²) < 4.78 is 64.6. The zero-order valence-electron chi connectivity index (χ0n) is 12.9. The minimum absolute atomic E-state index is 0.0875. The molecule has 1 aromatic heterocycles. The Labute approximate surface area is 141 Å². The predicted molar refractivity (Wildman–Crippen MR) is 85.3 cm³/mol. The molecule has 3 aromatic rings. The van der Waals surface area contributed by atoms with Crippen molar-refractivity contribution in [3.8, 4) is 0 Å². The van der Waals surface area contributed by atoms with E-state index in [4.69, 9.17) is 0 Å². The molecular weight excluding hydrogens is 355 g/mol. The van der Waals surface area contributed by atoms with E-state index in [-0.39, 0.29) is 15.8 Å². The van der Waals surface area contributed by atoms with Crippen LogP contribution in [0.4, 0.5) is 13.2 Å². The number of aryl methyl sites for hydroxylation is 1. The molecule has 0 fully saturated rings. The summed E-state index contributed by atoms with van der Waals surface area (Å²) in [6.07, 6.45) is -5.19. The van der Waals surface area contributed by atoms with E-state index in [0.717, 1.165) is 5.56 Å². The minimum atomic E-state index is -5.19. The largest absolute Gasteiger partial charge is 0.454 e. The molecule has 0 unspecified atom stereocenters. The molecule has 0 saturated carbocycles. The summed E-state index contributed by atoms with van der Waals surface area (Å²) in [4.78, 5) is 14.2. The van der Waals surface area contributed by atoms with E-state index in [1.165, 1.54) is 48.5 Å². The summed E-state index contributed by atoms with van der Waals surface area (Å²) in [6, 6.07) is 11.3. The van der Waals surface area contributed by atoms with Crippen LogP contribution < -0.4 is 0 Å². The van der Waals surface area contributed by atoms with Crippen molar-refractivity contribution in [3.63, 3.8) is 0 Å². The number of sulfone groups is 1. The number of hydrogen-bond donors (Lipinski definition) is 1. The molecule has 0 radical (unpaired) electrons. The third-order valence-corrected chi connectivity index (χ3v) is 5.49. The topological polar surface area (TPSA) is 67.0 Å². The minimum Gasteiger partial charge on any atom is -0.345 e. The van der Waals surface area contributed by atoms with Crippen molar-refractivity contribution in [2.75, 3.05) is 0 Å². The number of halogens is 3. The Bertz CT molecular complexity index is 1060. The third kappa shape index (κ3) is 2.93. The van der Waals surface area contributed by atoms with Crippen LogP contribution >= 0.6 is 0 Å². The Morgan fingerprint density at radius 3 is 2.20 bits per heavy atom. The number of rotatable bonds is 3. The number of Topliss-reactive ketones (excluding diaryl/α,β-unsaturated/α-hetero) is 1. The van der Waals surface area contributed by atoms with Gasteiger partial charge in [0.2, 0.25) is 9.84 Å². The molecule has 4 nitrogen and oxygen atoms in total. The Balaban J connectivity index is 2.32. The first-order chi connectivity index (χ1) is 11.6. The monoisotopic (exact) mass is 367 g/mol. The van der Waals surface area contributed by atoms with Gasteiger partial charge in [0.05, 0.1) is 10.5 Å². The van der Waals surface area contributed by atoms with E-state index in [1.807, 2.05) is 0 Å². The van der Waals surface area contributed by atoms with Gasteiger partial charge in [0.15, 0.2) is 0 Å². The second-order valence-corrected chi connectivity index (χ2v) is 7.40. The van der Waals surface area contributed by atoms with Crippen molar-refractivity contribution >= 4 is 26.5 Å². The maximum atomic E-state index is 13.0. The van der Waals surface area contributed by atoms with Crippen LogP contribution in [-0.2, 0) is 9.84 Å². The van der Waals surface area contributed by atoms with Crippen LogP contribution in [0.2, 0.25) is 0 Å². The first kappa shape index (κ1) is 17.2. The van der Waals surface area contributed by atoms with Crippen molar-refractivity contribution in [1.82, 2.24) is 4.98 Å². The zero-order valence-corrected chi connectivity index (χ0v) is 13.7. The molecule has 0 atom stereocenters. The lowest BCUT2D eigenvalue weighted by molar-refractivity contribution is -0.0886. The molecule has 0 aliphatic rings. The molecule has 130 valence electrons. The second-order valence-electron chi connectivity index (χ2n) is 5.52. The zero-order chi connectivity index (χ0) is 18.4. The van der Waals surface area contributed by atoms with E-state index < -0.39 is 32.4 Å². The number of aromatic amines is 1. The quantitative estimate of drug-likeness (QED) is 0.710. The number of carbonyl (C=O) groups excluding carboxylic acids is 1. The number of fused-ring (bicyclic) bond motifs is 1. The lowest BCUT2D eigenvalue weighted by Gasteiger charge is -2.08. The predicted octanol–water partition coefficient (Wildman–Crippen LogP) is 4.05. The lowest BCUT2D eigenvalue weighted by Crippen LogP contribution is -2.24. The molecule has 0 amide bonds. The molecule has 3 rings (SSSR count). The normalized spacial score (nSPS) is 12.5. The Kier molecular flexibility index (Phi) is 3.95. The van der Waals surface area contributed by atoms with Crippen molar-refractivity contribution in [2.45, 2.75) is 23.0 Å². The number of alkyl halides is 3. The Morgan fingerprint density at radius 2 is 1.60 bits per heavy atom. The smallest absolute Gasteiger partial charge is 0.345 e. The second kappa shape index (κ2) is 5.73. The van der Waals surface area contributed by atoms with Crippen LogP contribution in [0, 0.1) is 6.92 Å². The molecule has 0 saturated heterocycles.